The molecule has 1 aliphatic heterocycles. The maximum atomic E-state index is 12.3. The van der Waals surface area contributed by atoms with Gasteiger partial charge >= 0.3 is 6.03 Å². The Morgan fingerprint density at radius 1 is 1.30 bits per heavy atom. The van der Waals surface area contributed by atoms with Gasteiger partial charge in [-0.05, 0) is 24.5 Å². The van der Waals surface area contributed by atoms with E-state index >= 15 is 0 Å². The molecule has 0 aromatic heterocycles. The summed E-state index contributed by atoms with van der Waals surface area (Å²) >= 11 is 0. The van der Waals surface area contributed by atoms with E-state index in [1.807, 2.05) is 38.1 Å². The quantitative estimate of drug-likeness (QED) is 0.812. The first-order valence-electron chi connectivity index (χ1n) is 7.84. The molecule has 0 unspecified atom stereocenters. The second kappa shape index (κ2) is 7.26. The molecule has 1 saturated heterocycles. The van der Waals surface area contributed by atoms with E-state index in [1.165, 1.54) is 4.90 Å². The zero-order valence-corrected chi connectivity index (χ0v) is 13.8. The first-order chi connectivity index (χ1) is 10.9. The first-order valence-corrected chi connectivity index (χ1v) is 7.84. The Bertz CT molecular complexity index is 615. The van der Waals surface area contributed by atoms with Gasteiger partial charge in [0.15, 0.2) is 0 Å². The number of nitrogens with zero attached hydrogens (tertiary/aromatic N) is 2. The summed E-state index contributed by atoms with van der Waals surface area (Å²) in [5.74, 6) is -0.566. The van der Waals surface area contributed by atoms with Gasteiger partial charge in [-0.1, -0.05) is 37.6 Å². The Balaban J connectivity index is 1.97. The highest BCUT2D eigenvalue weighted by molar-refractivity contribution is 6.06. The largest absolute Gasteiger partial charge is 0.340 e. The number of nitrogens with one attached hydrogen (secondary N) is 1. The van der Waals surface area contributed by atoms with Crippen molar-refractivity contribution in [1.82, 2.24) is 15.1 Å². The number of aryl methyl sites for hydroxylation is 1. The second-order valence-electron chi connectivity index (χ2n) is 5.89. The van der Waals surface area contributed by atoms with E-state index in [9.17, 15) is 14.4 Å². The van der Waals surface area contributed by atoms with Gasteiger partial charge in [0.2, 0.25) is 5.91 Å². The summed E-state index contributed by atoms with van der Waals surface area (Å²) in [5, 5.41) is 2.62. The number of urea groups is 1. The van der Waals surface area contributed by atoms with Crippen LogP contribution in [0.2, 0.25) is 0 Å². The summed E-state index contributed by atoms with van der Waals surface area (Å²) in [5.41, 5.74) is 2.15. The van der Waals surface area contributed by atoms with Crippen LogP contribution in [-0.2, 0) is 16.1 Å². The Kier molecular flexibility index (Phi) is 5.36. The second-order valence-corrected chi connectivity index (χ2v) is 5.89. The smallest absolute Gasteiger partial charge is 0.325 e. The molecule has 0 saturated carbocycles. The summed E-state index contributed by atoms with van der Waals surface area (Å²) in [6.07, 6.45) is 1.39. The summed E-state index contributed by atoms with van der Waals surface area (Å²) in [4.78, 5) is 38.9. The van der Waals surface area contributed by atoms with Crippen molar-refractivity contribution in [2.75, 3.05) is 13.6 Å². The third kappa shape index (κ3) is 3.88. The molecule has 23 heavy (non-hydrogen) atoms. The lowest BCUT2D eigenvalue weighted by molar-refractivity contribution is -0.136. The van der Waals surface area contributed by atoms with Crippen molar-refractivity contribution in [3.8, 4) is 0 Å². The number of likely N-dealkylation sites (N-methyl/N-ethyl adjacent to an activating group) is 1. The molecule has 1 fully saturated rings. The van der Waals surface area contributed by atoms with Crippen LogP contribution < -0.4 is 5.32 Å². The van der Waals surface area contributed by atoms with E-state index < -0.39 is 12.1 Å². The number of rotatable bonds is 6. The number of carbonyl (C=O) groups is 3. The standard InChI is InChI=1S/C17H23N3O3/c1-4-7-14-16(22)20(17(23)18-14)11-15(21)19(3)10-13-9-6-5-8-12(13)2/h5-6,8-9,14H,4,7,10-11H2,1-3H3,(H,18,23)/t14-/m1/s1. The summed E-state index contributed by atoms with van der Waals surface area (Å²) < 4.78 is 0. The van der Waals surface area contributed by atoms with E-state index in [-0.39, 0.29) is 18.4 Å². The van der Waals surface area contributed by atoms with Crippen molar-refractivity contribution >= 4 is 17.8 Å². The van der Waals surface area contributed by atoms with Crippen LogP contribution in [0.1, 0.15) is 30.9 Å². The molecule has 2 rings (SSSR count). The molecule has 0 aliphatic carbocycles. The molecule has 1 aromatic carbocycles. The number of hydrogen-bond acceptors (Lipinski definition) is 3. The van der Waals surface area contributed by atoms with Crippen LogP contribution in [0.3, 0.4) is 0 Å². The van der Waals surface area contributed by atoms with E-state index in [4.69, 9.17) is 0 Å². The van der Waals surface area contributed by atoms with Gasteiger partial charge in [-0.3, -0.25) is 14.5 Å². The van der Waals surface area contributed by atoms with Crippen LogP contribution >= 0.6 is 0 Å². The average molecular weight is 317 g/mol. The Hall–Kier alpha value is -2.37. The van der Waals surface area contributed by atoms with Crippen molar-refractivity contribution in [1.29, 1.82) is 0 Å². The highest BCUT2D eigenvalue weighted by Crippen LogP contribution is 2.13. The predicted octanol–water partition coefficient (Wildman–Crippen LogP) is 1.67. The van der Waals surface area contributed by atoms with Crippen molar-refractivity contribution in [2.45, 2.75) is 39.3 Å². The zero-order valence-electron chi connectivity index (χ0n) is 13.8. The maximum Gasteiger partial charge on any atom is 0.325 e. The van der Waals surface area contributed by atoms with Crippen LogP contribution in [0.5, 0.6) is 0 Å². The minimum Gasteiger partial charge on any atom is -0.340 e. The first kappa shape index (κ1) is 17.0. The van der Waals surface area contributed by atoms with Crippen LogP contribution in [0.15, 0.2) is 24.3 Å². The zero-order chi connectivity index (χ0) is 17.0. The predicted molar refractivity (Wildman–Crippen MR) is 86.6 cm³/mol. The third-order valence-corrected chi connectivity index (χ3v) is 4.07. The van der Waals surface area contributed by atoms with Crippen LogP contribution in [0.4, 0.5) is 4.79 Å². The fourth-order valence-corrected chi connectivity index (χ4v) is 2.60. The van der Waals surface area contributed by atoms with Gasteiger partial charge in [0, 0.05) is 13.6 Å². The Morgan fingerprint density at radius 3 is 2.65 bits per heavy atom. The summed E-state index contributed by atoms with van der Waals surface area (Å²) in [7, 11) is 1.68. The highest BCUT2D eigenvalue weighted by Gasteiger charge is 2.38. The number of hydrogen-bond donors (Lipinski definition) is 1. The van der Waals surface area contributed by atoms with Gasteiger partial charge in [0.1, 0.15) is 12.6 Å². The summed E-state index contributed by atoms with van der Waals surface area (Å²) in [6.45, 7) is 4.17. The number of amides is 4. The van der Waals surface area contributed by atoms with Crippen LogP contribution in [0.25, 0.3) is 0 Å². The lowest BCUT2D eigenvalue weighted by Crippen LogP contribution is -2.41. The van der Waals surface area contributed by atoms with E-state index in [2.05, 4.69) is 5.32 Å². The Labute approximate surface area is 136 Å². The van der Waals surface area contributed by atoms with Crippen molar-refractivity contribution in [3.63, 3.8) is 0 Å². The normalized spacial score (nSPS) is 17.3. The molecule has 0 spiro atoms. The van der Waals surface area contributed by atoms with E-state index in [1.54, 1.807) is 7.05 Å². The van der Waals surface area contributed by atoms with Crippen molar-refractivity contribution in [3.05, 3.63) is 35.4 Å². The van der Waals surface area contributed by atoms with Crippen LogP contribution in [0, 0.1) is 6.92 Å². The molecule has 0 bridgehead atoms. The molecule has 6 heteroatoms. The molecule has 6 nitrogen and oxygen atoms in total. The molecule has 1 heterocycles. The minimum atomic E-state index is -0.498. The molecule has 1 N–H and O–H groups in total. The third-order valence-electron chi connectivity index (χ3n) is 4.07. The van der Waals surface area contributed by atoms with Gasteiger partial charge < -0.3 is 10.2 Å². The molecule has 0 radical (unpaired) electrons. The SMILES string of the molecule is CCC[C@H]1NC(=O)N(CC(=O)N(C)Cc2ccccc2C)C1=O. The summed E-state index contributed by atoms with van der Waals surface area (Å²) in [6, 6.07) is 6.84. The fraction of sp³-hybridized carbons (Fsp3) is 0.471. The van der Waals surface area contributed by atoms with Gasteiger partial charge in [-0.15, -0.1) is 0 Å². The Morgan fingerprint density at radius 2 is 2.00 bits per heavy atom. The van der Waals surface area contributed by atoms with Gasteiger partial charge in [-0.25, -0.2) is 4.79 Å². The van der Waals surface area contributed by atoms with Gasteiger partial charge in [-0.2, -0.15) is 0 Å². The van der Waals surface area contributed by atoms with Gasteiger partial charge in [0.25, 0.3) is 5.91 Å². The van der Waals surface area contributed by atoms with Gasteiger partial charge in [0.05, 0.1) is 0 Å². The molecule has 1 atom stereocenters. The highest BCUT2D eigenvalue weighted by atomic mass is 16.2. The molecule has 1 aliphatic rings. The minimum absolute atomic E-state index is 0.215. The average Bonchev–Trinajstić information content (AvgIpc) is 2.77. The molecule has 4 amide bonds. The monoisotopic (exact) mass is 317 g/mol. The number of benzene rings is 1. The topological polar surface area (TPSA) is 69.7 Å². The van der Waals surface area contributed by atoms with E-state index in [0.717, 1.165) is 22.4 Å². The molecule has 124 valence electrons. The lowest BCUT2D eigenvalue weighted by atomic mass is 10.1. The molecular weight excluding hydrogens is 294 g/mol. The molecular formula is C17H23N3O3. The fourth-order valence-electron chi connectivity index (χ4n) is 2.60. The van der Waals surface area contributed by atoms with Crippen molar-refractivity contribution < 1.29 is 14.4 Å². The van der Waals surface area contributed by atoms with Crippen molar-refractivity contribution in [2.24, 2.45) is 0 Å². The molecule has 1 aromatic rings. The number of carbonyl (C=O) groups excluding carboxylic acids is 3. The van der Waals surface area contributed by atoms with Crippen LogP contribution in [-0.4, -0.2) is 47.3 Å². The maximum absolute atomic E-state index is 12.3. The lowest BCUT2D eigenvalue weighted by Gasteiger charge is -2.21. The van der Waals surface area contributed by atoms with E-state index in [0.29, 0.717) is 13.0 Å². The number of imide groups is 1.